The molecule has 1 aromatic rings. The second-order valence-electron chi connectivity index (χ2n) is 4.83. The highest BCUT2D eigenvalue weighted by atomic mass is 15.2. The fraction of sp³-hybridized carbons (Fsp3) is 0.692. The zero-order chi connectivity index (χ0) is 12.7. The summed E-state index contributed by atoms with van der Waals surface area (Å²) in [5.41, 5.74) is 5.51. The highest BCUT2D eigenvalue weighted by Gasteiger charge is 2.04. The first-order valence-corrected chi connectivity index (χ1v) is 6.36. The fourth-order valence-corrected chi connectivity index (χ4v) is 1.70. The van der Waals surface area contributed by atoms with Gasteiger partial charge in [0.1, 0.15) is 11.6 Å². The van der Waals surface area contributed by atoms with Gasteiger partial charge in [0.15, 0.2) is 0 Å². The molecular weight excluding hydrogens is 212 g/mol. The minimum atomic E-state index is 0.598. The molecule has 0 saturated carbocycles. The van der Waals surface area contributed by atoms with Crippen LogP contribution in [0, 0.1) is 5.92 Å². The van der Waals surface area contributed by atoms with Gasteiger partial charge in [-0.05, 0) is 31.4 Å². The van der Waals surface area contributed by atoms with E-state index in [9.17, 15) is 0 Å². The SMILES string of the molecule is CC(C)CCCN(C)c1ccnc(CCN)n1. The van der Waals surface area contributed by atoms with Gasteiger partial charge in [0.25, 0.3) is 0 Å². The molecule has 0 bridgehead atoms. The van der Waals surface area contributed by atoms with Crippen molar-refractivity contribution in [2.75, 3.05) is 25.0 Å². The lowest BCUT2D eigenvalue weighted by atomic mass is 10.1. The maximum Gasteiger partial charge on any atom is 0.131 e. The molecule has 0 aliphatic carbocycles. The van der Waals surface area contributed by atoms with Gasteiger partial charge in [-0.1, -0.05) is 13.8 Å². The third-order valence-electron chi connectivity index (χ3n) is 2.72. The highest BCUT2D eigenvalue weighted by molar-refractivity contribution is 5.35. The molecule has 1 rings (SSSR count). The summed E-state index contributed by atoms with van der Waals surface area (Å²) in [6.45, 7) is 6.14. The van der Waals surface area contributed by atoms with Crippen LogP contribution in [0.2, 0.25) is 0 Å². The Labute approximate surface area is 104 Å². The van der Waals surface area contributed by atoms with Crippen molar-refractivity contribution in [3.63, 3.8) is 0 Å². The summed E-state index contributed by atoms with van der Waals surface area (Å²) >= 11 is 0. The largest absolute Gasteiger partial charge is 0.360 e. The van der Waals surface area contributed by atoms with Gasteiger partial charge in [0.05, 0.1) is 0 Å². The van der Waals surface area contributed by atoms with Gasteiger partial charge in [-0.3, -0.25) is 0 Å². The van der Waals surface area contributed by atoms with Gasteiger partial charge in [0, 0.05) is 26.2 Å². The molecule has 0 aliphatic rings. The average molecular weight is 236 g/mol. The molecule has 0 spiro atoms. The smallest absolute Gasteiger partial charge is 0.131 e. The van der Waals surface area contributed by atoms with Crippen molar-refractivity contribution in [1.29, 1.82) is 0 Å². The molecule has 0 atom stereocenters. The Hall–Kier alpha value is -1.16. The van der Waals surface area contributed by atoms with Crippen LogP contribution in [-0.2, 0) is 6.42 Å². The normalized spacial score (nSPS) is 10.9. The highest BCUT2D eigenvalue weighted by Crippen LogP contribution is 2.11. The summed E-state index contributed by atoms with van der Waals surface area (Å²) in [5, 5.41) is 0. The molecular formula is C13H24N4. The van der Waals surface area contributed by atoms with Gasteiger partial charge in [-0.15, -0.1) is 0 Å². The Balaban J connectivity index is 2.50. The first-order valence-electron chi connectivity index (χ1n) is 6.36. The van der Waals surface area contributed by atoms with Crippen LogP contribution in [-0.4, -0.2) is 30.1 Å². The summed E-state index contributed by atoms with van der Waals surface area (Å²) in [6.07, 6.45) is 5.01. The maximum absolute atomic E-state index is 5.51. The Morgan fingerprint density at radius 1 is 1.41 bits per heavy atom. The minimum Gasteiger partial charge on any atom is -0.360 e. The Morgan fingerprint density at radius 3 is 2.82 bits per heavy atom. The third kappa shape index (κ3) is 5.13. The van der Waals surface area contributed by atoms with E-state index in [4.69, 9.17) is 5.73 Å². The molecule has 0 unspecified atom stereocenters. The average Bonchev–Trinajstić information content (AvgIpc) is 2.29. The molecule has 4 heteroatoms. The van der Waals surface area contributed by atoms with Crippen LogP contribution in [0.25, 0.3) is 0 Å². The fourth-order valence-electron chi connectivity index (χ4n) is 1.70. The third-order valence-corrected chi connectivity index (χ3v) is 2.72. The van der Waals surface area contributed by atoms with Crippen molar-refractivity contribution in [2.45, 2.75) is 33.1 Å². The molecule has 17 heavy (non-hydrogen) atoms. The van der Waals surface area contributed by atoms with Crippen molar-refractivity contribution in [1.82, 2.24) is 9.97 Å². The van der Waals surface area contributed by atoms with Gasteiger partial charge >= 0.3 is 0 Å². The van der Waals surface area contributed by atoms with E-state index in [1.54, 1.807) is 0 Å². The van der Waals surface area contributed by atoms with E-state index in [0.717, 1.165) is 30.5 Å². The van der Waals surface area contributed by atoms with Gasteiger partial charge in [-0.2, -0.15) is 0 Å². The van der Waals surface area contributed by atoms with Crippen molar-refractivity contribution >= 4 is 5.82 Å². The minimum absolute atomic E-state index is 0.598. The topological polar surface area (TPSA) is 55.0 Å². The standard InChI is InChI=1S/C13H24N4/c1-11(2)5-4-10-17(3)13-7-9-15-12(16-13)6-8-14/h7,9,11H,4-6,8,10,14H2,1-3H3. The van der Waals surface area contributed by atoms with Gasteiger partial charge in [-0.25, -0.2) is 9.97 Å². The number of aromatic nitrogens is 2. The number of rotatable bonds is 7. The van der Waals surface area contributed by atoms with Crippen molar-refractivity contribution in [2.24, 2.45) is 11.7 Å². The summed E-state index contributed by atoms with van der Waals surface area (Å²) in [6, 6.07) is 1.95. The molecule has 0 amide bonds. The first-order chi connectivity index (χ1) is 8.13. The lowest BCUT2D eigenvalue weighted by molar-refractivity contribution is 0.554. The van der Waals surface area contributed by atoms with Gasteiger partial charge < -0.3 is 10.6 Å². The van der Waals surface area contributed by atoms with Crippen LogP contribution < -0.4 is 10.6 Å². The lowest BCUT2D eigenvalue weighted by Gasteiger charge is -2.18. The molecule has 2 N–H and O–H groups in total. The first kappa shape index (κ1) is 13.9. The summed E-state index contributed by atoms with van der Waals surface area (Å²) in [7, 11) is 2.08. The quantitative estimate of drug-likeness (QED) is 0.785. The van der Waals surface area contributed by atoms with E-state index >= 15 is 0 Å². The summed E-state index contributed by atoms with van der Waals surface area (Å²) in [5.74, 6) is 2.59. The van der Waals surface area contributed by atoms with E-state index in [-0.39, 0.29) is 0 Å². The van der Waals surface area contributed by atoms with E-state index < -0.39 is 0 Å². The predicted molar refractivity (Wildman–Crippen MR) is 72.1 cm³/mol. The molecule has 0 fully saturated rings. The second kappa shape index (κ2) is 7.22. The van der Waals surface area contributed by atoms with E-state index in [2.05, 4.69) is 35.8 Å². The Kier molecular flexibility index (Phi) is 5.91. The molecule has 1 heterocycles. The van der Waals surface area contributed by atoms with Crippen LogP contribution in [0.1, 0.15) is 32.5 Å². The Bertz CT molecular complexity index is 325. The Morgan fingerprint density at radius 2 is 2.18 bits per heavy atom. The molecule has 96 valence electrons. The lowest BCUT2D eigenvalue weighted by Crippen LogP contribution is -2.21. The van der Waals surface area contributed by atoms with E-state index in [1.807, 2.05) is 12.3 Å². The number of hydrogen-bond acceptors (Lipinski definition) is 4. The van der Waals surface area contributed by atoms with Crippen LogP contribution >= 0.6 is 0 Å². The van der Waals surface area contributed by atoms with Crippen molar-refractivity contribution in [3.05, 3.63) is 18.1 Å². The van der Waals surface area contributed by atoms with Gasteiger partial charge in [0.2, 0.25) is 0 Å². The van der Waals surface area contributed by atoms with Crippen molar-refractivity contribution < 1.29 is 0 Å². The number of anilines is 1. The molecule has 4 nitrogen and oxygen atoms in total. The summed E-state index contributed by atoms with van der Waals surface area (Å²) < 4.78 is 0. The molecule has 0 radical (unpaired) electrons. The van der Waals surface area contributed by atoms with Crippen molar-refractivity contribution in [3.8, 4) is 0 Å². The second-order valence-corrected chi connectivity index (χ2v) is 4.83. The molecule has 0 aromatic carbocycles. The zero-order valence-electron chi connectivity index (χ0n) is 11.2. The number of hydrogen-bond donors (Lipinski definition) is 1. The van der Waals surface area contributed by atoms with Crippen LogP contribution in [0.4, 0.5) is 5.82 Å². The predicted octanol–water partition coefficient (Wildman–Crippen LogP) is 1.85. The van der Waals surface area contributed by atoms with E-state index in [0.29, 0.717) is 6.54 Å². The van der Waals surface area contributed by atoms with Crippen LogP contribution in [0.5, 0.6) is 0 Å². The maximum atomic E-state index is 5.51. The number of nitrogens with zero attached hydrogens (tertiary/aromatic N) is 3. The molecule has 1 aromatic heterocycles. The monoisotopic (exact) mass is 236 g/mol. The van der Waals surface area contributed by atoms with Crippen LogP contribution in [0.15, 0.2) is 12.3 Å². The molecule has 0 saturated heterocycles. The summed E-state index contributed by atoms with van der Waals surface area (Å²) in [4.78, 5) is 10.9. The molecule has 0 aliphatic heterocycles. The zero-order valence-corrected chi connectivity index (χ0v) is 11.2. The van der Waals surface area contributed by atoms with E-state index in [1.165, 1.54) is 12.8 Å². The number of nitrogens with two attached hydrogens (primary N) is 1. The van der Waals surface area contributed by atoms with Crippen LogP contribution in [0.3, 0.4) is 0 Å².